The van der Waals surface area contributed by atoms with Crippen LogP contribution >= 0.6 is 27.3 Å². The van der Waals surface area contributed by atoms with Gasteiger partial charge in [0, 0.05) is 22.5 Å². The van der Waals surface area contributed by atoms with Crippen molar-refractivity contribution in [3.63, 3.8) is 0 Å². The molecule has 0 bridgehead atoms. The van der Waals surface area contributed by atoms with Crippen molar-refractivity contribution in [2.24, 2.45) is 5.73 Å². The zero-order valence-electron chi connectivity index (χ0n) is 11.5. The second-order valence-corrected chi connectivity index (χ2v) is 7.36. The molecule has 0 aliphatic rings. The zero-order chi connectivity index (χ0) is 14.8. The number of hydrogen-bond donors (Lipinski definition) is 1. The number of nitrogens with two attached hydrogens (primary N) is 1. The number of aromatic nitrogens is 1. The molecule has 2 unspecified atom stereocenters. The molecule has 5 heteroatoms. The first kappa shape index (κ1) is 14.5. The third-order valence-corrected chi connectivity index (χ3v) is 4.90. The molecule has 0 spiro atoms. The molecule has 108 valence electrons. The molecular weight excluding hydrogens is 348 g/mol. The van der Waals surface area contributed by atoms with Crippen molar-refractivity contribution in [1.29, 1.82) is 0 Å². The van der Waals surface area contributed by atoms with Crippen LogP contribution in [0, 0.1) is 0 Å². The van der Waals surface area contributed by atoms with Crippen LogP contribution in [-0.4, -0.2) is 11.0 Å². The summed E-state index contributed by atoms with van der Waals surface area (Å²) in [6.45, 7) is 1.96. The van der Waals surface area contributed by atoms with Gasteiger partial charge in [-0.2, -0.15) is 0 Å². The van der Waals surface area contributed by atoms with Gasteiger partial charge >= 0.3 is 0 Å². The Bertz CT molecular complexity index is 751. The standard InChI is InChI=1S/C16H15BrN2OS/c1-10(18)16(14-7-8-15(17)21-14)20-13-6-2-5-12-11(13)4-3-9-19-12/h2-10,16H,18H2,1H3. The Morgan fingerprint density at radius 3 is 2.76 bits per heavy atom. The Morgan fingerprint density at radius 2 is 2.05 bits per heavy atom. The molecule has 2 heterocycles. The van der Waals surface area contributed by atoms with Crippen molar-refractivity contribution in [1.82, 2.24) is 4.98 Å². The van der Waals surface area contributed by atoms with E-state index in [0.29, 0.717) is 0 Å². The van der Waals surface area contributed by atoms with Gasteiger partial charge in [0.2, 0.25) is 0 Å². The van der Waals surface area contributed by atoms with Gasteiger partial charge in [0.1, 0.15) is 11.9 Å². The summed E-state index contributed by atoms with van der Waals surface area (Å²) in [5, 5.41) is 1.00. The molecule has 2 atom stereocenters. The van der Waals surface area contributed by atoms with Crippen LogP contribution in [0.4, 0.5) is 0 Å². The van der Waals surface area contributed by atoms with Gasteiger partial charge in [-0.25, -0.2) is 0 Å². The molecule has 0 aliphatic heterocycles. The van der Waals surface area contributed by atoms with Crippen LogP contribution in [-0.2, 0) is 0 Å². The monoisotopic (exact) mass is 362 g/mol. The number of benzene rings is 1. The molecule has 3 rings (SSSR count). The van der Waals surface area contributed by atoms with E-state index in [1.165, 1.54) is 0 Å². The lowest BCUT2D eigenvalue weighted by Gasteiger charge is -2.22. The lowest BCUT2D eigenvalue weighted by Crippen LogP contribution is -2.28. The zero-order valence-corrected chi connectivity index (χ0v) is 13.9. The van der Waals surface area contributed by atoms with Crippen molar-refractivity contribution < 1.29 is 4.74 Å². The molecular formula is C16H15BrN2OS. The first-order valence-corrected chi connectivity index (χ1v) is 8.27. The van der Waals surface area contributed by atoms with Gasteiger partial charge in [-0.3, -0.25) is 4.98 Å². The predicted molar refractivity (Wildman–Crippen MR) is 90.8 cm³/mol. The Labute approximate surface area is 135 Å². The minimum absolute atomic E-state index is 0.109. The second-order valence-electron chi connectivity index (χ2n) is 4.87. The number of halogens is 1. The van der Waals surface area contributed by atoms with Crippen molar-refractivity contribution in [3.05, 3.63) is 57.3 Å². The molecule has 0 radical (unpaired) electrons. The van der Waals surface area contributed by atoms with Crippen LogP contribution < -0.4 is 10.5 Å². The van der Waals surface area contributed by atoms with E-state index < -0.39 is 0 Å². The number of rotatable bonds is 4. The van der Waals surface area contributed by atoms with Crippen LogP contribution in [0.1, 0.15) is 17.9 Å². The molecule has 0 amide bonds. The average molecular weight is 363 g/mol. The van der Waals surface area contributed by atoms with E-state index in [4.69, 9.17) is 10.5 Å². The quantitative estimate of drug-likeness (QED) is 0.741. The molecule has 3 aromatic rings. The van der Waals surface area contributed by atoms with Gasteiger partial charge in [0.15, 0.2) is 0 Å². The number of thiophene rings is 1. The van der Waals surface area contributed by atoms with Crippen molar-refractivity contribution in [2.75, 3.05) is 0 Å². The number of fused-ring (bicyclic) bond motifs is 1. The van der Waals surface area contributed by atoms with Crippen LogP contribution in [0.2, 0.25) is 0 Å². The molecule has 2 N–H and O–H groups in total. The van der Waals surface area contributed by atoms with Crippen LogP contribution in [0.3, 0.4) is 0 Å². The maximum atomic E-state index is 6.21. The molecule has 1 aromatic carbocycles. The van der Waals surface area contributed by atoms with E-state index in [-0.39, 0.29) is 12.1 Å². The fourth-order valence-electron chi connectivity index (χ4n) is 2.22. The summed E-state index contributed by atoms with van der Waals surface area (Å²) in [6, 6.07) is 13.8. The molecule has 0 aliphatic carbocycles. The van der Waals surface area contributed by atoms with Crippen LogP contribution in [0.5, 0.6) is 5.75 Å². The third-order valence-electron chi connectivity index (χ3n) is 3.21. The van der Waals surface area contributed by atoms with Gasteiger partial charge in [0.05, 0.1) is 9.30 Å². The Balaban J connectivity index is 1.99. The lowest BCUT2D eigenvalue weighted by molar-refractivity contribution is 0.186. The minimum Gasteiger partial charge on any atom is -0.483 e. The number of pyridine rings is 1. The highest BCUT2D eigenvalue weighted by molar-refractivity contribution is 9.11. The average Bonchev–Trinajstić information content (AvgIpc) is 2.90. The van der Waals surface area contributed by atoms with E-state index >= 15 is 0 Å². The molecule has 0 saturated carbocycles. The highest BCUT2D eigenvalue weighted by atomic mass is 79.9. The molecule has 3 nitrogen and oxygen atoms in total. The normalized spacial score (nSPS) is 14.0. The van der Waals surface area contributed by atoms with E-state index in [1.807, 2.05) is 49.4 Å². The smallest absolute Gasteiger partial charge is 0.148 e. The third kappa shape index (κ3) is 3.10. The molecule has 0 saturated heterocycles. The maximum absolute atomic E-state index is 6.21. The fourth-order valence-corrected chi connectivity index (χ4v) is 3.79. The summed E-state index contributed by atoms with van der Waals surface area (Å²) in [5.41, 5.74) is 7.04. The first-order valence-electron chi connectivity index (χ1n) is 6.66. The largest absolute Gasteiger partial charge is 0.483 e. The molecule has 0 fully saturated rings. The molecule has 21 heavy (non-hydrogen) atoms. The Morgan fingerprint density at radius 1 is 1.19 bits per heavy atom. The predicted octanol–water partition coefficient (Wildman–Crippen LogP) is 4.53. The van der Waals surface area contributed by atoms with Gasteiger partial charge in [-0.05, 0) is 59.3 Å². The van der Waals surface area contributed by atoms with E-state index in [1.54, 1.807) is 17.5 Å². The maximum Gasteiger partial charge on any atom is 0.148 e. The number of ether oxygens (including phenoxy) is 1. The summed E-state index contributed by atoms with van der Waals surface area (Å²) in [7, 11) is 0. The lowest BCUT2D eigenvalue weighted by atomic mass is 10.1. The molecule has 2 aromatic heterocycles. The summed E-state index contributed by atoms with van der Waals surface area (Å²) in [4.78, 5) is 5.46. The van der Waals surface area contributed by atoms with Crippen molar-refractivity contribution >= 4 is 38.2 Å². The Hall–Kier alpha value is -1.43. The van der Waals surface area contributed by atoms with Gasteiger partial charge in [-0.15, -0.1) is 11.3 Å². The van der Waals surface area contributed by atoms with E-state index in [2.05, 4.69) is 20.9 Å². The van der Waals surface area contributed by atoms with Gasteiger partial charge in [-0.1, -0.05) is 6.07 Å². The SMILES string of the molecule is CC(N)C(Oc1cccc2ncccc12)c1ccc(Br)s1. The van der Waals surface area contributed by atoms with Gasteiger partial charge < -0.3 is 10.5 Å². The van der Waals surface area contributed by atoms with Crippen molar-refractivity contribution in [3.8, 4) is 5.75 Å². The minimum atomic E-state index is -0.174. The second kappa shape index (κ2) is 6.13. The Kier molecular flexibility index (Phi) is 4.24. The summed E-state index contributed by atoms with van der Waals surface area (Å²) < 4.78 is 7.29. The van der Waals surface area contributed by atoms with Crippen molar-refractivity contribution in [2.45, 2.75) is 19.1 Å². The summed E-state index contributed by atoms with van der Waals surface area (Å²) >= 11 is 5.13. The highest BCUT2D eigenvalue weighted by Crippen LogP contribution is 2.34. The summed E-state index contributed by atoms with van der Waals surface area (Å²) in [5.74, 6) is 0.812. The van der Waals surface area contributed by atoms with Crippen LogP contribution in [0.25, 0.3) is 10.9 Å². The van der Waals surface area contributed by atoms with E-state index in [9.17, 15) is 0 Å². The number of hydrogen-bond acceptors (Lipinski definition) is 4. The highest BCUT2D eigenvalue weighted by Gasteiger charge is 2.21. The van der Waals surface area contributed by atoms with E-state index in [0.717, 1.165) is 25.3 Å². The number of nitrogens with zero attached hydrogens (tertiary/aromatic N) is 1. The van der Waals surface area contributed by atoms with Gasteiger partial charge in [0.25, 0.3) is 0 Å². The topological polar surface area (TPSA) is 48.1 Å². The summed E-state index contributed by atoms with van der Waals surface area (Å²) in [6.07, 6.45) is 1.61. The first-order chi connectivity index (χ1) is 10.1. The fraction of sp³-hybridized carbons (Fsp3) is 0.188. The van der Waals surface area contributed by atoms with Crippen LogP contribution in [0.15, 0.2) is 52.4 Å².